The third-order valence-electron chi connectivity index (χ3n) is 2.71. The highest BCUT2D eigenvalue weighted by molar-refractivity contribution is 6.30. The number of nitrogens with two attached hydrogens (primary N) is 1. The minimum Gasteiger partial charge on any atom is -0.372 e. The average molecular weight is 293 g/mol. The highest BCUT2D eigenvalue weighted by Crippen LogP contribution is 2.30. The molecule has 0 atom stereocenters. The standard InChI is InChI=1S/C13H15ClN4.C2H6/c1-3-10-11(8-4-6-9(14)7-5-8)12(16-2)18-13(15)17-10;1-2/h4-7H,3H2,1-2H3,(H3,15,16,17,18);1-2H3. The molecule has 0 aliphatic heterocycles. The third kappa shape index (κ3) is 3.61. The molecule has 0 fully saturated rings. The maximum atomic E-state index is 5.90. The predicted molar refractivity (Wildman–Crippen MR) is 87.2 cm³/mol. The fourth-order valence-corrected chi connectivity index (χ4v) is 2.01. The number of halogens is 1. The van der Waals surface area contributed by atoms with Crippen molar-refractivity contribution in [3.05, 3.63) is 35.0 Å². The number of nitrogens with one attached hydrogen (secondary N) is 1. The van der Waals surface area contributed by atoms with Gasteiger partial charge in [0, 0.05) is 17.6 Å². The van der Waals surface area contributed by atoms with Crippen LogP contribution < -0.4 is 11.1 Å². The number of benzene rings is 1. The first-order valence-corrected chi connectivity index (χ1v) is 7.13. The quantitative estimate of drug-likeness (QED) is 0.897. The number of nitrogen functional groups attached to an aromatic ring is 1. The van der Waals surface area contributed by atoms with Crippen LogP contribution in [0.3, 0.4) is 0 Å². The van der Waals surface area contributed by atoms with Crippen molar-refractivity contribution in [2.45, 2.75) is 27.2 Å². The zero-order valence-corrected chi connectivity index (χ0v) is 13.1. The molecule has 0 saturated heterocycles. The van der Waals surface area contributed by atoms with E-state index in [9.17, 15) is 0 Å². The van der Waals surface area contributed by atoms with Gasteiger partial charge >= 0.3 is 0 Å². The molecule has 3 N–H and O–H groups in total. The second-order valence-electron chi connectivity index (χ2n) is 3.86. The van der Waals surface area contributed by atoms with Crippen LogP contribution in [0.25, 0.3) is 11.1 Å². The molecule has 0 spiro atoms. The van der Waals surface area contributed by atoms with Crippen LogP contribution in [0.1, 0.15) is 26.5 Å². The molecule has 0 saturated carbocycles. The van der Waals surface area contributed by atoms with Crippen LogP contribution in [0, 0.1) is 0 Å². The van der Waals surface area contributed by atoms with E-state index in [2.05, 4.69) is 15.3 Å². The van der Waals surface area contributed by atoms with Crippen molar-refractivity contribution in [2.75, 3.05) is 18.1 Å². The Bertz CT molecular complexity index is 527. The second-order valence-corrected chi connectivity index (χ2v) is 4.30. The molecule has 2 aromatic rings. The molecular formula is C15H21ClN4. The number of anilines is 2. The zero-order valence-electron chi connectivity index (χ0n) is 12.4. The molecule has 20 heavy (non-hydrogen) atoms. The van der Waals surface area contributed by atoms with E-state index in [0.29, 0.717) is 5.02 Å². The van der Waals surface area contributed by atoms with Crippen molar-refractivity contribution in [3.8, 4) is 11.1 Å². The topological polar surface area (TPSA) is 63.8 Å². The lowest BCUT2D eigenvalue weighted by Crippen LogP contribution is -2.06. The van der Waals surface area contributed by atoms with Gasteiger partial charge in [-0.15, -0.1) is 0 Å². The Kier molecular flexibility index (Phi) is 6.25. The highest BCUT2D eigenvalue weighted by Gasteiger charge is 2.13. The fourth-order valence-electron chi connectivity index (χ4n) is 1.88. The van der Waals surface area contributed by atoms with Gasteiger partial charge in [-0.3, -0.25) is 0 Å². The van der Waals surface area contributed by atoms with E-state index >= 15 is 0 Å². The molecule has 0 unspecified atom stereocenters. The molecule has 0 radical (unpaired) electrons. The van der Waals surface area contributed by atoms with Gasteiger partial charge in [-0.2, -0.15) is 4.98 Å². The van der Waals surface area contributed by atoms with Gasteiger partial charge in [-0.1, -0.05) is 44.5 Å². The van der Waals surface area contributed by atoms with Crippen molar-refractivity contribution >= 4 is 23.4 Å². The number of hydrogen-bond donors (Lipinski definition) is 2. The summed E-state index contributed by atoms with van der Waals surface area (Å²) in [5, 5.41) is 3.77. The van der Waals surface area contributed by atoms with Crippen LogP contribution in [0.15, 0.2) is 24.3 Å². The van der Waals surface area contributed by atoms with Gasteiger partial charge in [0.2, 0.25) is 5.95 Å². The molecule has 1 aromatic carbocycles. The summed E-state index contributed by atoms with van der Waals surface area (Å²) in [5.74, 6) is 1.02. The monoisotopic (exact) mass is 292 g/mol. The van der Waals surface area contributed by atoms with Gasteiger partial charge in [0.25, 0.3) is 0 Å². The molecule has 0 amide bonds. The van der Waals surface area contributed by atoms with E-state index in [1.54, 1.807) is 0 Å². The Labute approximate surface area is 125 Å². The summed E-state index contributed by atoms with van der Waals surface area (Å²) in [6.07, 6.45) is 0.791. The molecule has 1 heterocycles. The van der Waals surface area contributed by atoms with E-state index in [-0.39, 0.29) is 5.95 Å². The van der Waals surface area contributed by atoms with Crippen LogP contribution in [0.2, 0.25) is 5.02 Å². The molecule has 108 valence electrons. The molecule has 4 nitrogen and oxygen atoms in total. The Morgan fingerprint density at radius 3 is 2.25 bits per heavy atom. The van der Waals surface area contributed by atoms with Gasteiger partial charge in [0.05, 0.1) is 5.69 Å². The number of rotatable bonds is 3. The average Bonchev–Trinajstić information content (AvgIpc) is 2.49. The number of nitrogens with zero attached hydrogens (tertiary/aromatic N) is 2. The Balaban J connectivity index is 0.000000956. The summed E-state index contributed by atoms with van der Waals surface area (Å²) < 4.78 is 0. The number of hydrogen-bond acceptors (Lipinski definition) is 4. The minimum absolute atomic E-state index is 0.286. The van der Waals surface area contributed by atoms with Crippen LogP contribution in [-0.4, -0.2) is 17.0 Å². The smallest absolute Gasteiger partial charge is 0.222 e. The van der Waals surface area contributed by atoms with Crippen LogP contribution in [0.4, 0.5) is 11.8 Å². The summed E-state index contributed by atoms with van der Waals surface area (Å²) in [7, 11) is 1.82. The lowest BCUT2D eigenvalue weighted by atomic mass is 10.0. The first-order chi connectivity index (χ1) is 9.65. The Hall–Kier alpha value is -1.81. The highest BCUT2D eigenvalue weighted by atomic mass is 35.5. The second kappa shape index (κ2) is 7.70. The SMILES string of the molecule is CC.CCc1nc(N)nc(NC)c1-c1ccc(Cl)cc1. The normalized spacial score (nSPS) is 9.65. The van der Waals surface area contributed by atoms with Crippen molar-refractivity contribution < 1.29 is 0 Å². The van der Waals surface area contributed by atoms with E-state index in [1.807, 2.05) is 52.1 Å². The first kappa shape index (κ1) is 16.2. The van der Waals surface area contributed by atoms with Gasteiger partial charge in [0.1, 0.15) is 5.82 Å². The van der Waals surface area contributed by atoms with Crippen molar-refractivity contribution in [1.82, 2.24) is 9.97 Å². The molecule has 1 aromatic heterocycles. The Morgan fingerprint density at radius 2 is 1.75 bits per heavy atom. The maximum Gasteiger partial charge on any atom is 0.222 e. The van der Waals surface area contributed by atoms with Crippen molar-refractivity contribution in [1.29, 1.82) is 0 Å². The molecule has 2 rings (SSSR count). The third-order valence-corrected chi connectivity index (χ3v) is 2.96. The maximum absolute atomic E-state index is 5.90. The fraction of sp³-hybridized carbons (Fsp3) is 0.333. The lowest BCUT2D eigenvalue weighted by molar-refractivity contribution is 1.01. The Morgan fingerprint density at radius 1 is 1.15 bits per heavy atom. The predicted octanol–water partition coefficient (Wildman–Crippen LogP) is 4.01. The van der Waals surface area contributed by atoms with E-state index in [1.165, 1.54) is 0 Å². The van der Waals surface area contributed by atoms with E-state index < -0.39 is 0 Å². The van der Waals surface area contributed by atoms with Gasteiger partial charge in [0.15, 0.2) is 0 Å². The summed E-state index contributed by atoms with van der Waals surface area (Å²) in [4.78, 5) is 8.51. The van der Waals surface area contributed by atoms with Gasteiger partial charge < -0.3 is 11.1 Å². The van der Waals surface area contributed by atoms with E-state index in [4.69, 9.17) is 17.3 Å². The van der Waals surface area contributed by atoms with Crippen LogP contribution in [0.5, 0.6) is 0 Å². The largest absolute Gasteiger partial charge is 0.372 e. The summed E-state index contributed by atoms with van der Waals surface area (Å²) in [5.41, 5.74) is 8.63. The van der Waals surface area contributed by atoms with Crippen LogP contribution in [-0.2, 0) is 6.42 Å². The van der Waals surface area contributed by atoms with E-state index in [0.717, 1.165) is 29.1 Å². The molecular weight excluding hydrogens is 272 g/mol. The summed E-state index contributed by atoms with van der Waals surface area (Å²) >= 11 is 5.90. The minimum atomic E-state index is 0.286. The summed E-state index contributed by atoms with van der Waals surface area (Å²) in [6.45, 7) is 6.04. The molecule has 5 heteroatoms. The number of aromatic nitrogens is 2. The van der Waals surface area contributed by atoms with Gasteiger partial charge in [-0.25, -0.2) is 4.98 Å². The summed E-state index contributed by atoms with van der Waals surface area (Å²) in [6, 6.07) is 7.62. The van der Waals surface area contributed by atoms with Crippen molar-refractivity contribution in [3.63, 3.8) is 0 Å². The molecule has 0 bridgehead atoms. The zero-order chi connectivity index (χ0) is 15.1. The number of aryl methyl sites for hydroxylation is 1. The van der Waals surface area contributed by atoms with Crippen molar-refractivity contribution in [2.24, 2.45) is 0 Å². The molecule has 0 aliphatic rings. The van der Waals surface area contributed by atoms with Gasteiger partial charge in [-0.05, 0) is 24.1 Å². The van der Waals surface area contributed by atoms with Crippen LogP contribution >= 0.6 is 11.6 Å². The molecule has 0 aliphatic carbocycles. The first-order valence-electron chi connectivity index (χ1n) is 6.75. The lowest BCUT2D eigenvalue weighted by Gasteiger charge is -2.13.